The van der Waals surface area contributed by atoms with E-state index in [9.17, 15) is 9.59 Å². The highest BCUT2D eigenvalue weighted by atomic mass is 16.5. The molecule has 3 rings (SSSR count). The molecule has 1 aliphatic heterocycles. The van der Waals surface area contributed by atoms with E-state index in [4.69, 9.17) is 4.74 Å². The predicted octanol–water partition coefficient (Wildman–Crippen LogP) is 2.73. The maximum atomic E-state index is 12.8. The molecular formula is C18H23NO3. The molecule has 0 saturated carbocycles. The second-order valence-electron chi connectivity index (χ2n) is 6.22. The van der Waals surface area contributed by atoms with Gasteiger partial charge in [-0.2, -0.15) is 0 Å². The molecule has 1 heterocycles. The van der Waals surface area contributed by atoms with E-state index < -0.39 is 6.04 Å². The lowest BCUT2D eigenvalue weighted by Crippen LogP contribution is -2.48. The first-order valence-corrected chi connectivity index (χ1v) is 8.21. The molecule has 1 aromatic carbocycles. The van der Waals surface area contributed by atoms with Crippen LogP contribution in [-0.4, -0.2) is 36.5 Å². The third kappa shape index (κ3) is 2.87. The highest BCUT2D eigenvalue weighted by Gasteiger charge is 2.33. The van der Waals surface area contributed by atoms with E-state index in [0.29, 0.717) is 18.5 Å². The van der Waals surface area contributed by atoms with Crippen molar-refractivity contribution in [3.8, 4) is 0 Å². The van der Waals surface area contributed by atoms with Gasteiger partial charge in [0.1, 0.15) is 6.04 Å². The van der Waals surface area contributed by atoms with Crippen molar-refractivity contribution in [3.63, 3.8) is 0 Å². The number of methoxy groups -OCH3 is 1. The third-order valence-electron chi connectivity index (χ3n) is 4.83. The number of benzene rings is 1. The van der Waals surface area contributed by atoms with Gasteiger partial charge in [-0.05, 0) is 68.2 Å². The minimum absolute atomic E-state index is 0.0385. The van der Waals surface area contributed by atoms with Crippen LogP contribution in [0.1, 0.15) is 53.6 Å². The van der Waals surface area contributed by atoms with Crippen LogP contribution >= 0.6 is 0 Å². The monoisotopic (exact) mass is 301 g/mol. The fraction of sp³-hybridized carbons (Fsp3) is 0.556. The fourth-order valence-electron chi connectivity index (χ4n) is 3.59. The summed E-state index contributed by atoms with van der Waals surface area (Å²) in [4.78, 5) is 26.5. The van der Waals surface area contributed by atoms with E-state index in [2.05, 4.69) is 6.07 Å². The molecule has 0 N–H and O–H groups in total. The first-order chi connectivity index (χ1) is 10.7. The van der Waals surface area contributed by atoms with Crippen LogP contribution in [0.3, 0.4) is 0 Å². The lowest BCUT2D eigenvalue weighted by Gasteiger charge is -2.34. The smallest absolute Gasteiger partial charge is 0.328 e. The number of hydrogen-bond donors (Lipinski definition) is 0. The molecule has 1 aliphatic carbocycles. The van der Waals surface area contributed by atoms with Crippen LogP contribution in [0.4, 0.5) is 0 Å². The van der Waals surface area contributed by atoms with Gasteiger partial charge in [0.15, 0.2) is 0 Å². The second-order valence-corrected chi connectivity index (χ2v) is 6.22. The maximum absolute atomic E-state index is 12.8. The van der Waals surface area contributed by atoms with Gasteiger partial charge in [-0.3, -0.25) is 4.79 Å². The van der Waals surface area contributed by atoms with Crippen LogP contribution in [0, 0.1) is 0 Å². The lowest BCUT2D eigenvalue weighted by molar-refractivity contribution is -0.147. The van der Waals surface area contributed by atoms with Gasteiger partial charge in [-0.1, -0.05) is 6.07 Å². The number of piperidine rings is 1. The Morgan fingerprint density at radius 2 is 1.86 bits per heavy atom. The van der Waals surface area contributed by atoms with E-state index >= 15 is 0 Å². The number of rotatable bonds is 2. The minimum atomic E-state index is -0.428. The average Bonchev–Trinajstić information content (AvgIpc) is 2.60. The number of carbonyl (C=O) groups excluding carboxylic acids is 2. The molecule has 2 aliphatic rings. The summed E-state index contributed by atoms with van der Waals surface area (Å²) in [6.07, 6.45) is 7.20. The normalized spacial score (nSPS) is 21.1. The molecule has 1 unspecified atom stereocenters. The Kier molecular flexibility index (Phi) is 4.46. The van der Waals surface area contributed by atoms with Crippen molar-refractivity contribution in [1.82, 2.24) is 4.90 Å². The Balaban J connectivity index is 1.84. The van der Waals surface area contributed by atoms with E-state index in [0.717, 1.165) is 25.7 Å². The minimum Gasteiger partial charge on any atom is -0.467 e. The number of aryl methyl sites for hydroxylation is 2. The summed E-state index contributed by atoms with van der Waals surface area (Å²) in [6.45, 7) is 0.635. The Bertz CT molecular complexity index is 582. The number of likely N-dealkylation sites (tertiary alicyclic amines) is 1. The van der Waals surface area contributed by atoms with Gasteiger partial charge in [0.25, 0.3) is 5.91 Å². The van der Waals surface area contributed by atoms with Gasteiger partial charge in [0.2, 0.25) is 0 Å². The molecule has 4 heteroatoms. The molecule has 22 heavy (non-hydrogen) atoms. The topological polar surface area (TPSA) is 46.6 Å². The van der Waals surface area contributed by atoms with Crippen molar-refractivity contribution in [2.75, 3.05) is 13.7 Å². The molecule has 1 aromatic rings. The summed E-state index contributed by atoms with van der Waals surface area (Å²) >= 11 is 0. The Hall–Kier alpha value is -1.84. The molecule has 1 fully saturated rings. The second kappa shape index (κ2) is 6.51. The van der Waals surface area contributed by atoms with E-state index in [-0.39, 0.29) is 11.9 Å². The van der Waals surface area contributed by atoms with Gasteiger partial charge in [0, 0.05) is 12.1 Å². The fourth-order valence-corrected chi connectivity index (χ4v) is 3.59. The number of amides is 1. The van der Waals surface area contributed by atoms with Crippen LogP contribution in [0.15, 0.2) is 18.2 Å². The summed E-state index contributed by atoms with van der Waals surface area (Å²) in [5.74, 6) is -0.338. The van der Waals surface area contributed by atoms with Crippen LogP contribution < -0.4 is 0 Å². The number of ether oxygens (including phenoxy) is 1. The molecule has 1 atom stereocenters. The quantitative estimate of drug-likeness (QED) is 0.789. The molecule has 1 amide bonds. The summed E-state index contributed by atoms with van der Waals surface area (Å²) in [6, 6.07) is 5.59. The van der Waals surface area contributed by atoms with Gasteiger partial charge in [-0.15, -0.1) is 0 Å². The molecule has 0 radical (unpaired) electrons. The molecule has 118 valence electrons. The molecule has 0 spiro atoms. The summed E-state index contributed by atoms with van der Waals surface area (Å²) in [7, 11) is 1.39. The number of hydrogen-bond acceptors (Lipinski definition) is 3. The van der Waals surface area contributed by atoms with E-state index in [1.807, 2.05) is 12.1 Å². The Morgan fingerprint density at radius 3 is 2.64 bits per heavy atom. The molecule has 0 bridgehead atoms. The lowest BCUT2D eigenvalue weighted by atomic mass is 9.90. The van der Waals surface area contributed by atoms with Crippen molar-refractivity contribution in [2.45, 2.75) is 51.0 Å². The zero-order chi connectivity index (χ0) is 15.5. The summed E-state index contributed by atoms with van der Waals surface area (Å²) in [5, 5.41) is 0. The predicted molar refractivity (Wildman–Crippen MR) is 83.8 cm³/mol. The average molecular weight is 301 g/mol. The highest BCUT2D eigenvalue weighted by molar-refractivity contribution is 5.97. The first-order valence-electron chi connectivity index (χ1n) is 8.21. The van der Waals surface area contributed by atoms with Crippen molar-refractivity contribution >= 4 is 11.9 Å². The van der Waals surface area contributed by atoms with Gasteiger partial charge in [-0.25, -0.2) is 4.79 Å². The highest BCUT2D eigenvalue weighted by Crippen LogP contribution is 2.25. The van der Waals surface area contributed by atoms with Crippen molar-refractivity contribution in [1.29, 1.82) is 0 Å². The molecule has 1 saturated heterocycles. The van der Waals surface area contributed by atoms with Crippen molar-refractivity contribution in [2.24, 2.45) is 0 Å². The number of fused-ring (bicyclic) bond motifs is 1. The largest absolute Gasteiger partial charge is 0.467 e. The number of carbonyl (C=O) groups is 2. The SMILES string of the molecule is COC(=O)C1CCCCN1C(=O)c1ccc2c(c1)CCCC2. The van der Waals surface area contributed by atoms with E-state index in [1.165, 1.54) is 31.1 Å². The number of esters is 1. The zero-order valence-corrected chi connectivity index (χ0v) is 13.1. The molecular weight excluding hydrogens is 278 g/mol. The number of nitrogens with zero attached hydrogens (tertiary/aromatic N) is 1. The first kappa shape index (κ1) is 15.1. The summed E-state index contributed by atoms with van der Waals surface area (Å²) in [5.41, 5.74) is 3.37. The van der Waals surface area contributed by atoms with Gasteiger partial charge >= 0.3 is 5.97 Å². The van der Waals surface area contributed by atoms with Crippen molar-refractivity contribution in [3.05, 3.63) is 34.9 Å². The standard InChI is InChI=1S/C18H23NO3/c1-22-18(21)16-8-4-5-11-19(16)17(20)15-10-9-13-6-2-3-7-14(13)12-15/h9-10,12,16H,2-8,11H2,1H3. The van der Waals surface area contributed by atoms with Crippen LogP contribution in [0.5, 0.6) is 0 Å². The van der Waals surface area contributed by atoms with Crippen molar-refractivity contribution < 1.29 is 14.3 Å². The maximum Gasteiger partial charge on any atom is 0.328 e. The third-order valence-corrected chi connectivity index (χ3v) is 4.83. The Labute approximate surface area is 131 Å². The molecule has 4 nitrogen and oxygen atoms in total. The van der Waals surface area contributed by atoms with Gasteiger partial charge in [0.05, 0.1) is 7.11 Å². The molecule has 0 aromatic heterocycles. The Morgan fingerprint density at radius 1 is 1.09 bits per heavy atom. The van der Waals surface area contributed by atoms with Crippen LogP contribution in [0.2, 0.25) is 0 Å². The van der Waals surface area contributed by atoms with Crippen LogP contribution in [-0.2, 0) is 22.4 Å². The van der Waals surface area contributed by atoms with Gasteiger partial charge < -0.3 is 9.64 Å². The zero-order valence-electron chi connectivity index (χ0n) is 13.1. The van der Waals surface area contributed by atoms with E-state index in [1.54, 1.807) is 4.90 Å². The summed E-state index contributed by atoms with van der Waals surface area (Å²) < 4.78 is 4.86. The van der Waals surface area contributed by atoms with Crippen LogP contribution in [0.25, 0.3) is 0 Å².